The van der Waals surface area contributed by atoms with Crippen molar-refractivity contribution in [2.24, 2.45) is 5.92 Å². The first-order chi connectivity index (χ1) is 12.2. The van der Waals surface area contributed by atoms with Crippen LogP contribution in [-0.2, 0) is 17.6 Å². The molecule has 2 N–H and O–H groups in total. The summed E-state index contributed by atoms with van der Waals surface area (Å²) < 4.78 is 18.9. The summed E-state index contributed by atoms with van der Waals surface area (Å²) in [6.45, 7) is 0. The summed E-state index contributed by atoms with van der Waals surface area (Å²) in [6.07, 6.45) is 2.17. The van der Waals surface area contributed by atoms with E-state index in [1.807, 2.05) is 24.3 Å². The zero-order valence-corrected chi connectivity index (χ0v) is 13.9. The predicted octanol–water partition coefficient (Wildman–Crippen LogP) is 4.06. The van der Waals surface area contributed by atoms with E-state index in [-0.39, 0.29) is 17.6 Å². The highest BCUT2D eigenvalue weighted by Gasteiger charge is 2.28. The molecule has 0 spiro atoms. The number of ether oxygens (including phenoxy) is 1. The quantitative estimate of drug-likeness (QED) is 0.757. The number of rotatable bonds is 3. The Hall–Kier alpha value is -2.82. The van der Waals surface area contributed by atoms with Gasteiger partial charge in [-0.2, -0.15) is 0 Å². The molecule has 25 heavy (non-hydrogen) atoms. The van der Waals surface area contributed by atoms with Gasteiger partial charge in [0.05, 0.1) is 12.8 Å². The zero-order chi connectivity index (χ0) is 17.4. The Morgan fingerprint density at radius 3 is 2.96 bits per heavy atom. The lowest BCUT2D eigenvalue weighted by atomic mass is 9.85. The number of anilines is 1. The molecule has 0 bridgehead atoms. The van der Waals surface area contributed by atoms with E-state index < -0.39 is 0 Å². The molecule has 0 saturated heterocycles. The van der Waals surface area contributed by atoms with Gasteiger partial charge >= 0.3 is 0 Å². The minimum Gasteiger partial charge on any atom is -0.495 e. The van der Waals surface area contributed by atoms with Crippen LogP contribution in [0.2, 0.25) is 0 Å². The number of amides is 1. The van der Waals surface area contributed by atoms with E-state index in [0.29, 0.717) is 17.9 Å². The van der Waals surface area contributed by atoms with Crippen LogP contribution < -0.4 is 10.1 Å². The summed E-state index contributed by atoms with van der Waals surface area (Å²) >= 11 is 0. The number of aromatic amines is 1. The number of nitrogens with one attached hydrogen (secondary N) is 2. The van der Waals surface area contributed by atoms with Gasteiger partial charge in [-0.25, -0.2) is 4.39 Å². The Bertz CT molecular complexity index is 948. The molecule has 0 saturated carbocycles. The normalized spacial score (nSPS) is 16.5. The summed E-state index contributed by atoms with van der Waals surface area (Å²) in [4.78, 5) is 16.1. The number of methoxy groups -OCH3 is 1. The molecule has 1 aliphatic carbocycles. The highest BCUT2D eigenvalue weighted by atomic mass is 19.1. The maximum absolute atomic E-state index is 13.6. The number of carbonyl (C=O) groups is 1. The molecule has 2 aromatic carbocycles. The number of hydrogen-bond donors (Lipinski definition) is 2. The third kappa shape index (κ3) is 2.86. The van der Waals surface area contributed by atoms with Crippen molar-refractivity contribution in [2.75, 3.05) is 12.4 Å². The van der Waals surface area contributed by atoms with Crippen molar-refractivity contribution in [1.29, 1.82) is 0 Å². The van der Waals surface area contributed by atoms with Crippen molar-refractivity contribution in [1.82, 2.24) is 4.98 Å². The second kappa shape index (κ2) is 6.24. The molecule has 1 aliphatic rings. The van der Waals surface area contributed by atoms with Crippen LogP contribution in [0, 0.1) is 11.7 Å². The Morgan fingerprint density at radius 2 is 2.12 bits per heavy atom. The summed E-state index contributed by atoms with van der Waals surface area (Å²) in [5.74, 6) is 0.219. The molecule has 0 radical (unpaired) electrons. The monoisotopic (exact) mass is 338 g/mol. The molecule has 0 fully saturated rings. The summed E-state index contributed by atoms with van der Waals surface area (Å²) in [6, 6.07) is 12.1. The molecule has 1 heterocycles. The smallest absolute Gasteiger partial charge is 0.227 e. The van der Waals surface area contributed by atoms with Crippen LogP contribution in [0.4, 0.5) is 10.1 Å². The molecular formula is C20H19FN2O2. The van der Waals surface area contributed by atoms with Gasteiger partial charge in [0, 0.05) is 22.5 Å². The van der Waals surface area contributed by atoms with Crippen molar-refractivity contribution in [3.8, 4) is 5.75 Å². The highest BCUT2D eigenvalue weighted by molar-refractivity contribution is 5.95. The van der Waals surface area contributed by atoms with Crippen molar-refractivity contribution in [3.05, 3.63) is 59.5 Å². The lowest BCUT2D eigenvalue weighted by Crippen LogP contribution is -2.28. The number of fused-ring (bicyclic) bond motifs is 3. The van der Waals surface area contributed by atoms with E-state index in [9.17, 15) is 9.18 Å². The third-order valence-corrected chi connectivity index (χ3v) is 4.89. The molecule has 3 aromatic rings. The molecule has 4 nitrogen and oxygen atoms in total. The van der Waals surface area contributed by atoms with E-state index in [4.69, 9.17) is 4.74 Å². The summed E-state index contributed by atoms with van der Waals surface area (Å²) in [7, 11) is 1.58. The summed E-state index contributed by atoms with van der Waals surface area (Å²) in [5, 5.41) is 3.84. The largest absolute Gasteiger partial charge is 0.495 e. The van der Waals surface area contributed by atoms with Gasteiger partial charge in [-0.3, -0.25) is 4.79 Å². The van der Waals surface area contributed by atoms with Crippen LogP contribution in [0.25, 0.3) is 10.9 Å². The fourth-order valence-electron chi connectivity index (χ4n) is 3.60. The number of para-hydroxylation sites is 2. The van der Waals surface area contributed by atoms with E-state index in [2.05, 4.69) is 10.3 Å². The minimum absolute atomic E-state index is 0.0269. The molecule has 1 atom stereocenters. The van der Waals surface area contributed by atoms with Crippen molar-refractivity contribution >= 4 is 22.5 Å². The van der Waals surface area contributed by atoms with Crippen molar-refractivity contribution < 1.29 is 13.9 Å². The number of carbonyl (C=O) groups excluding carboxylic acids is 1. The maximum atomic E-state index is 13.6. The van der Waals surface area contributed by atoms with Gasteiger partial charge in [0.15, 0.2) is 0 Å². The number of hydrogen-bond acceptors (Lipinski definition) is 2. The number of aromatic nitrogens is 1. The first-order valence-electron chi connectivity index (χ1n) is 8.38. The average Bonchev–Trinajstić information content (AvgIpc) is 2.99. The zero-order valence-electron chi connectivity index (χ0n) is 13.9. The van der Waals surface area contributed by atoms with Gasteiger partial charge in [-0.1, -0.05) is 12.1 Å². The average molecular weight is 338 g/mol. The van der Waals surface area contributed by atoms with Gasteiger partial charge < -0.3 is 15.0 Å². The van der Waals surface area contributed by atoms with Gasteiger partial charge in [-0.05, 0) is 55.2 Å². The summed E-state index contributed by atoms with van der Waals surface area (Å²) in [5.41, 5.74) is 3.77. The Kier molecular flexibility index (Phi) is 3.92. The second-order valence-corrected chi connectivity index (χ2v) is 6.40. The first kappa shape index (κ1) is 15.7. The molecule has 1 aromatic heterocycles. The Balaban J connectivity index is 1.58. The van der Waals surface area contributed by atoms with Gasteiger partial charge in [-0.15, -0.1) is 0 Å². The van der Waals surface area contributed by atoms with E-state index in [1.54, 1.807) is 19.2 Å². The SMILES string of the molecule is COc1ccccc1NC(=O)C1CCc2[nH]c3ccc(F)cc3c2C1. The predicted molar refractivity (Wildman–Crippen MR) is 95.4 cm³/mol. The molecular weight excluding hydrogens is 319 g/mol. The molecule has 128 valence electrons. The Labute approximate surface area is 145 Å². The Morgan fingerprint density at radius 1 is 1.28 bits per heavy atom. The number of H-pyrrole nitrogens is 1. The third-order valence-electron chi connectivity index (χ3n) is 4.89. The highest BCUT2D eigenvalue weighted by Crippen LogP contribution is 2.33. The lowest BCUT2D eigenvalue weighted by Gasteiger charge is -2.22. The molecule has 0 aliphatic heterocycles. The second-order valence-electron chi connectivity index (χ2n) is 6.40. The van der Waals surface area contributed by atoms with Crippen LogP contribution in [0.5, 0.6) is 5.75 Å². The van der Waals surface area contributed by atoms with E-state index >= 15 is 0 Å². The standard InChI is InChI=1S/C20H19FN2O2/c1-25-19-5-3-2-4-18(19)23-20(24)12-6-8-16-14(10-12)15-11-13(21)7-9-17(15)22-16/h2-5,7,9,11-12,22H,6,8,10H2,1H3,(H,23,24). The topological polar surface area (TPSA) is 54.1 Å². The van der Waals surface area contributed by atoms with Crippen molar-refractivity contribution in [3.63, 3.8) is 0 Å². The molecule has 4 rings (SSSR count). The van der Waals surface area contributed by atoms with Gasteiger partial charge in [0.25, 0.3) is 0 Å². The van der Waals surface area contributed by atoms with Crippen LogP contribution in [0.1, 0.15) is 17.7 Å². The van der Waals surface area contributed by atoms with Crippen LogP contribution in [0.3, 0.4) is 0 Å². The molecule has 1 amide bonds. The molecule has 5 heteroatoms. The van der Waals surface area contributed by atoms with Crippen LogP contribution in [0.15, 0.2) is 42.5 Å². The fourth-order valence-corrected chi connectivity index (χ4v) is 3.60. The van der Waals surface area contributed by atoms with E-state index in [1.165, 1.54) is 6.07 Å². The first-order valence-corrected chi connectivity index (χ1v) is 8.38. The van der Waals surface area contributed by atoms with Crippen molar-refractivity contribution in [2.45, 2.75) is 19.3 Å². The lowest BCUT2D eigenvalue weighted by molar-refractivity contribution is -0.120. The van der Waals surface area contributed by atoms with E-state index in [0.717, 1.165) is 35.0 Å². The van der Waals surface area contributed by atoms with Crippen LogP contribution >= 0.6 is 0 Å². The minimum atomic E-state index is -0.255. The number of halogens is 1. The fraction of sp³-hybridized carbons (Fsp3) is 0.250. The van der Waals surface area contributed by atoms with Crippen LogP contribution in [-0.4, -0.2) is 18.0 Å². The van der Waals surface area contributed by atoms with Gasteiger partial charge in [0.2, 0.25) is 5.91 Å². The van der Waals surface area contributed by atoms with Gasteiger partial charge in [0.1, 0.15) is 11.6 Å². The maximum Gasteiger partial charge on any atom is 0.227 e. The number of aryl methyl sites for hydroxylation is 1. The number of benzene rings is 2. The molecule has 1 unspecified atom stereocenters.